The highest BCUT2D eigenvalue weighted by Crippen LogP contribution is 2.29. The third-order valence-electron chi connectivity index (χ3n) is 7.72. The molecule has 0 radical (unpaired) electrons. The van der Waals surface area contributed by atoms with Gasteiger partial charge in [0, 0.05) is 24.0 Å². The number of hydrogen-bond donors (Lipinski definition) is 1. The first-order chi connectivity index (χ1) is 23.6. The molecule has 0 saturated carbocycles. The lowest BCUT2D eigenvalue weighted by molar-refractivity contribution is -0.259. The first-order valence-electron chi connectivity index (χ1n) is 15.1. The number of imidazole rings is 1. The average molecular weight is 714 g/mol. The van der Waals surface area contributed by atoms with Crippen molar-refractivity contribution in [2.45, 2.75) is 37.0 Å². The smallest absolute Gasteiger partial charge is 0.265 e. The van der Waals surface area contributed by atoms with Gasteiger partial charge in [0.05, 0.1) is 20.8 Å². The monoisotopic (exact) mass is 713 g/mol. The maximum atomic E-state index is 12.9. The number of amides is 1. The van der Waals surface area contributed by atoms with E-state index in [2.05, 4.69) is 10.2 Å². The predicted octanol–water partition coefficient (Wildman–Crippen LogP) is 4.40. The van der Waals surface area contributed by atoms with Crippen LogP contribution in [-0.4, -0.2) is 63.9 Å². The average Bonchev–Trinajstić information content (AvgIpc) is 3.73. The SMILES string of the molecule is CC(=O)c1ccc2c(c1)nc(-c1ccn[nH]1)n2-c1ccc(CCN(C(=O)[O-])S(=O)(=O)c2ccc(C)cc2)cc1.Cc1ccc(S(=O)(=O)[O-])cc1. The maximum absolute atomic E-state index is 12.9. The molecule has 4 aromatic carbocycles. The molecule has 0 aliphatic rings. The third-order valence-corrected chi connectivity index (χ3v) is 10.4. The number of Topliss-reactive ketones (excluding diaryl/α,β-unsaturated/α-hetero) is 1. The maximum Gasteiger partial charge on any atom is 0.265 e. The molecule has 0 atom stereocenters. The fourth-order valence-corrected chi connectivity index (χ4v) is 6.75. The van der Waals surface area contributed by atoms with Crippen LogP contribution in [0.2, 0.25) is 0 Å². The molecule has 6 rings (SSSR count). The van der Waals surface area contributed by atoms with Crippen LogP contribution in [0, 0.1) is 13.8 Å². The highest BCUT2D eigenvalue weighted by molar-refractivity contribution is 7.89. The first-order valence-corrected chi connectivity index (χ1v) is 18.0. The summed E-state index contributed by atoms with van der Waals surface area (Å²) in [5.74, 6) is 0.539. The lowest BCUT2D eigenvalue weighted by Gasteiger charge is -2.24. The van der Waals surface area contributed by atoms with Crippen molar-refractivity contribution in [2.75, 3.05) is 6.54 Å². The van der Waals surface area contributed by atoms with Gasteiger partial charge in [-0.25, -0.2) is 21.8 Å². The predicted molar refractivity (Wildman–Crippen MR) is 182 cm³/mol. The van der Waals surface area contributed by atoms with Crippen LogP contribution < -0.4 is 5.11 Å². The minimum absolute atomic E-state index is 0.0612. The summed E-state index contributed by atoms with van der Waals surface area (Å²) in [5.41, 5.74) is 5.95. The van der Waals surface area contributed by atoms with E-state index in [1.807, 2.05) is 36.6 Å². The molecule has 15 heteroatoms. The Kier molecular flexibility index (Phi) is 10.3. The number of fused-ring (bicyclic) bond motifs is 1. The number of rotatable bonds is 9. The van der Waals surface area contributed by atoms with Gasteiger partial charge in [-0.05, 0) is 93.4 Å². The summed E-state index contributed by atoms with van der Waals surface area (Å²) >= 11 is 0. The number of H-pyrrole nitrogens is 1. The second-order valence-corrected chi connectivity index (χ2v) is 14.6. The molecule has 0 bridgehead atoms. The van der Waals surface area contributed by atoms with E-state index in [1.165, 1.54) is 31.2 Å². The molecule has 0 spiro atoms. The number of nitrogens with one attached hydrogen (secondary N) is 1. The number of aromatic nitrogens is 4. The van der Waals surface area contributed by atoms with Gasteiger partial charge in [-0.15, -0.1) is 0 Å². The van der Waals surface area contributed by atoms with E-state index in [1.54, 1.807) is 60.8 Å². The van der Waals surface area contributed by atoms with Crippen LogP contribution >= 0.6 is 0 Å². The Hall–Kier alpha value is -5.64. The third kappa shape index (κ3) is 7.97. The summed E-state index contributed by atoms with van der Waals surface area (Å²) < 4.78 is 59.3. The quantitative estimate of drug-likeness (QED) is 0.165. The topological polar surface area (TPSA) is 198 Å². The van der Waals surface area contributed by atoms with Gasteiger partial charge >= 0.3 is 0 Å². The Morgan fingerprint density at radius 1 is 0.820 bits per heavy atom. The fourth-order valence-electron chi connectivity index (χ4n) is 5.02. The second-order valence-electron chi connectivity index (χ2n) is 11.3. The number of aryl methyl sites for hydroxylation is 2. The normalized spacial score (nSPS) is 11.5. The van der Waals surface area contributed by atoms with Crippen molar-refractivity contribution in [1.29, 1.82) is 0 Å². The van der Waals surface area contributed by atoms with E-state index in [4.69, 9.17) is 4.98 Å². The van der Waals surface area contributed by atoms with Gasteiger partial charge in [-0.1, -0.05) is 47.5 Å². The molecule has 0 saturated heterocycles. The van der Waals surface area contributed by atoms with Crippen LogP contribution in [0.3, 0.4) is 0 Å². The minimum Gasteiger partial charge on any atom is -0.744 e. The van der Waals surface area contributed by atoms with E-state index in [9.17, 15) is 36.1 Å². The number of aromatic amines is 1. The van der Waals surface area contributed by atoms with Gasteiger partial charge in [-0.2, -0.15) is 5.10 Å². The summed E-state index contributed by atoms with van der Waals surface area (Å²) in [6.45, 7) is 4.84. The molecule has 1 amide bonds. The molecule has 0 unspecified atom stereocenters. The fraction of sp³-hybridized carbons (Fsp3) is 0.143. The van der Waals surface area contributed by atoms with Gasteiger partial charge in [0.1, 0.15) is 15.8 Å². The molecule has 1 N–H and O–H groups in total. The number of carbonyl (C=O) groups is 2. The van der Waals surface area contributed by atoms with Gasteiger partial charge in [0.15, 0.2) is 17.7 Å². The zero-order valence-electron chi connectivity index (χ0n) is 27.1. The lowest BCUT2D eigenvalue weighted by atomic mass is 10.1. The standard InChI is InChI=1S/C28H25N5O5S.C7H8O3S/c1-18-3-10-23(11-4-18)39(37,38)32(28(35)36)16-14-20-5-8-22(9-6-20)33-26-12-7-21(19(2)34)17-25(26)30-27(33)24-13-15-29-31-24;1-6-2-4-7(5-3-6)11(8,9)10/h3-13,15,17H,14,16H2,1-2H3,(H,29,31)(H,35,36);2-5H,1H3,(H,8,9,10)/p-2. The molecule has 0 fully saturated rings. The van der Waals surface area contributed by atoms with Crippen LogP contribution in [0.25, 0.3) is 28.2 Å². The zero-order chi connectivity index (χ0) is 36.2. The molecule has 50 heavy (non-hydrogen) atoms. The van der Waals surface area contributed by atoms with E-state index < -0.39 is 26.2 Å². The number of hydrogen-bond acceptors (Lipinski definition) is 10. The van der Waals surface area contributed by atoms with Crippen molar-refractivity contribution in [1.82, 2.24) is 24.1 Å². The number of benzene rings is 4. The molecular formula is C35H31N5O8S2-2. The van der Waals surface area contributed by atoms with Crippen molar-refractivity contribution in [3.8, 4) is 17.2 Å². The zero-order valence-corrected chi connectivity index (χ0v) is 28.7. The number of carbonyl (C=O) groups excluding carboxylic acids is 2. The van der Waals surface area contributed by atoms with Crippen LogP contribution in [0.5, 0.6) is 0 Å². The number of sulfonamides is 1. The van der Waals surface area contributed by atoms with Gasteiger partial charge < -0.3 is 14.5 Å². The summed E-state index contributed by atoms with van der Waals surface area (Å²) in [4.78, 5) is 28.1. The molecular weight excluding hydrogens is 683 g/mol. The Bertz CT molecular complexity index is 2370. The van der Waals surface area contributed by atoms with Gasteiger partial charge in [0.2, 0.25) is 0 Å². The summed E-state index contributed by atoms with van der Waals surface area (Å²) in [6.07, 6.45) is -0.0119. The van der Waals surface area contributed by atoms with Gasteiger partial charge in [-0.3, -0.25) is 18.8 Å². The summed E-state index contributed by atoms with van der Waals surface area (Å²) in [5, 5.41) is 18.7. The molecule has 2 aromatic heterocycles. The largest absolute Gasteiger partial charge is 0.744 e. The molecule has 2 heterocycles. The number of ketones is 1. The molecule has 258 valence electrons. The van der Waals surface area contributed by atoms with Crippen LogP contribution in [0.4, 0.5) is 4.79 Å². The van der Waals surface area contributed by atoms with Crippen molar-refractivity contribution < 1.29 is 36.1 Å². The number of nitrogens with zero attached hydrogens (tertiary/aromatic N) is 4. The summed E-state index contributed by atoms with van der Waals surface area (Å²) in [6, 6.07) is 26.1. The second kappa shape index (κ2) is 14.5. The Morgan fingerprint density at radius 3 is 1.94 bits per heavy atom. The van der Waals surface area contributed by atoms with E-state index >= 15 is 0 Å². The highest BCUT2D eigenvalue weighted by Gasteiger charge is 2.24. The number of carboxylic acid groups (broad SMARTS) is 1. The van der Waals surface area contributed by atoms with Gasteiger partial charge in [0.25, 0.3) is 10.0 Å². The van der Waals surface area contributed by atoms with Crippen molar-refractivity contribution in [2.24, 2.45) is 0 Å². The van der Waals surface area contributed by atoms with Crippen LogP contribution in [0.15, 0.2) is 113 Å². The molecule has 6 aromatic rings. The highest BCUT2D eigenvalue weighted by atomic mass is 32.2. The van der Waals surface area contributed by atoms with Crippen molar-refractivity contribution in [3.63, 3.8) is 0 Å². The van der Waals surface area contributed by atoms with E-state index in [-0.39, 0.29) is 28.5 Å². The molecule has 0 aliphatic carbocycles. The van der Waals surface area contributed by atoms with Crippen LogP contribution in [0.1, 0.15) is 34.0 Å². The van der Waals surface area contributed by atoms with Crippen LogP contribution in [-0.2, 0) is 26.6 Å². The molecule has 13 nitrogen and oxygen atoms in total. The lowest BCUT2D eigenvalue weighted by Crippen LogP contribution is -2.45. The van der Waals surface area contributed by atoms with Crippen molar-refractivity contribution in [3.05, 3.63) is 126 Å². The van der Waals surface area contributed by atoms with Crippen molar-refractivity contribution >= 4 is 43.1 Å². The van der Waals surface area contributed by atoms with E-state index in [0.29, 0.717) is 26.9 Å². The Labute approximate surface area is 288 Å². The first kappa shape index (κ1) is 35.7. The molecule has 0 aliphatic heterocycles. The summed E-state index contributed by atoms with van der Waals surface area (Å²) in [7, 11) is -8.54. The minimum atomic E-state index is -4.27. The Morgan fingerprint density at radius 2 is 1.42 bits per heavy atom. The van der Waals surface area contributed by atoms with E-state index in [0.717, 1.165) is 27.9 Å². The Balaban J connectivity index is 0.000000377.